The molecule has 2 aromatic rings. The van der Waals surface area contributed by atoms with Crippen LogP contribution in [0.3, 0.4) is 0 Å². The van der Waals surface area contributed by atoms with Crippen LogP contribution in [-0.2, 0) is 11.3 Å². The number of hydrogen-bond acceptors (Lipinski definition) is 3. The highest BCUT2D eigenvalue weighted by Crippen LogP contribution is 2.33. The summed E-state index contributed by atoms with van der Waals surface area (Å²) < 4.78 is 1.79. The number of rotatable bonds is 4. The van der Waals surface area contributed by atoms with Crippen molar-refractivity contribution in [2.24, 2.45) is 5.73 Å². The van der Waals surface area contributed by atoms with E-state index in [0.29, 0.717) is 12.2 Å². The van der Waals surface area contributed by atoms with Crippen LogP contribution < -0.4 is 11.1 Å². The van der Waals surface area contributed by atoms with Gasteiger partial charge in [0.2, 0.25) is 5.91 Å². The summed E-state index contributed by atoms with van der Waals surface area (Å²) >= 11 is 0. The minimum Gasteiger partial charge on any atom is -0.322 e. The summed E-state index contributed by atoms with van der Waals surface area (Å²) in [5, 5.41) is 7.03. The number of nitrogens with zero attached hydrogens (tertiary/aromatic N) is 2. The number of amides is 1. The molecular weight excluding hydrogens is 276 g/mol. The van der Waals surface area contributed by atoms with E-state index in [1.807, 2.05) is 36.5 Å². The predicted octanol–water partition coefficient (Wildman–Crippen LogP) is 1.78. The van der Waals surface area contributed by atoms with Crippen LogP contribution in [0.2, 0.25) is 0 Å². The van der Waals surface area contributed by atoms with Gasteiger partial charge in [-0.3, -0.25) is 9.48 Å². The molecule has 1 aromatic heterocycles. The largest absolute Gasteiger partial charge is 0.322 e. The van der Waals surface area contributed by atoms with Crippen LogP contribution in [0.25, 0.3) is 0 Å². The zero-order valence-corrected chi connectivity index (χ0v) is 11.8. The maximum atomic E-state index is 11.8. The molecule has 1 amide bonds. The van der Waals surface area contributed by atoms with Crippen molar-refractivity contribution >= 4 is 24.0 Å². The van der Waals surface area contributed by atoms with Crippen LogP contribution in [0, 0.1) is 0 Å². The first-order chi connectivity index (χ1) is 9.16. The second-order valence-electron chi connectivity index (χ2n) is 5.02. The van der Waals surface area contributed by atoms with Gasteiger partial charge in [-0.05, 0) is 18.4 Å². The van der Waals surface area contributed by atoms with Crippen molar-refractivity contribution in [3.63, 3.8) is 0 Å². The van der Waals surface area contributed by atoms with E-state index in [4.69, 9.17) is 5.73 Å². The first-order valence-electron chi connectivity index (χ1n) is 6.32. The highest BCUT2D eigenvalue weighted by molar-refractivity contribution is 5.99. The van der Waals surface area contributed by atoms with Crippen LogP contribution in [0.4, 0.5) is 5.69 Å². The second-order valence-corrected chi connectivity index (χ2v) is 5.02. The number of nitrogens with two attached hydrogens (primary N) is 1. The van der Waals surface area contributed by atoms with Crippen molar-refractivity contribution < 1.29 is 4.79 Å². The number of carbonyl (C=O) groups is 1. The van der Waals surface area contributed by atoms with Gasteiger partial charge in [0.15, 0.2) is 0 Å². The van der Waals surface area contributed by atoms with Gasteiger partial charge < -0.3 is 11.1 Å². The molecule has 0 atom stereocenters. The molecule has 20 heavy (non-hydrogen) atoms. The molecule has 106 valence electrons. The maximum Gasteiger partial charge on any atom is 0.244 e. The molecule has 3 N–H and O–H groups in total. The summed E-state index contributed by atoms with van der Waals surface area (Å²) in [6.07, 6.45) is 4.98. The fourth-order valence-electron chi connectivity index (χ4n) is 1.90. The molecule has 0 unspecified atom stereocenters. The summed E-state index contributed by atoms with van der Waals surface area (Å²) in [6.45, 7) is 0.685. The Morgan fingerprint density at radius 3 is 2.70 bits per heavy atom. The van der Waals surface area contributed by atoms with E-state index in [-0.39, 0.29) is 18.3 Å². The van der Waals surface area contributed by atoms with Gasteiger partial charge in [-0.15, -0.1) is 12.4 Å². The van der Waals surface area contributed by atoms with Gasteiger partial charge in [0, 0.05) is 6.20 Å². The average molecular weight is 293 g/mol. The molecule has 1 saturated carbocycles. The van der Waals surface area contributed by atoms with Gasteiger partial charge in [-0.1, -0.05) is 30.3 Å². The third-order valence-electron chi connectivity index (χ3n) is 3.32. The average Bonchev–Trinajstić information content (AvgIpc) is 3.02. The molecule has 0 aliphatic heterocycles. The van der Waals surface area contributed by atoms with E-state index in [1.54, 1.807) is 10.9 Å². The summed E-state index contributed by atoms with van der Waals surface area (Å²) in [5.41, 5.74) is 7.04. The SMILES string of the molecule is Cl.NC1(C(=O)Nc2cnn(Cc3ccccc3)c2)CC1. The minimum atomic E-state index is -0.651. The van der Waals surface area contributed by atoms with Crippen LogP contribution in [-0.4, -0.2) is 21.2 Å². The van der Waals surface area contributed by atoms with Crippen LogP contribution in [0.1, 0.15) is 18.4 Å². The molecule has 1 aliphatic rings. The quantitative estimate of drug-likeness (QED) is 0.902. The van der Waals surface area contributed by atoms with Gasteiger partial charge in [0.05, 0.1) is 24.0 Å². The van der Waals surface area contributed by atoms with E-state index in [2.05, 4.69) is 10.4 Å². The Labute approximate surface area is 123 Å². The number of nitrogens with one attached hydrogen (secondary N) is 1. The summed E-state index contributed by atoms with van der Waals surface area (Å²) in [5.74, 6) is -0.119. The molecular formula is C14H17ClN4O. The summed E-state index contributed by atoms with van der Waals surface area (Å²) in [6, 6.07) is 10.0. The van der Waals surface area contributed by atoms with Crippen molar-refractivity contribution in [2.45, 2.75) is 24.9 Å². The zero-order chi connectivity index (χ0) is 13.3. The van der Waals surface area contributed by atoms with Gasteiger partial charge in [-0.25, -0.2) is 0 Å². The van der Waals surface area contributed by atoms with Gasteiger partial charge in [0.25, 0.3) is 0 Å². The fraction of sp³-hybridized carbons (Fsp3) is 0.286. The highest BCUT2D eigenvalue weighted by atomic mass is 35.5. The van der Waals surface area contributed by atoms with Crippen molar-refractivity contribution in [1.29, 1.82) is 0 Å². The van der Waals surface area contributed by atoms with Gasteiger partial charge in [-0.2, -0.15) is 5.10 Å². The monoisotopic (exact) mass is 292 g/mol. The normalized spacial score (nSPS) is 15.2. The Morgan fingerprint density at radius 1 is 1.35 bits per heavy atom. The zero-order valence-electron chi connectivity index (χ0n) is 11.0. The van der Waals surface area contributed by atoms with E-state index in [9.17, 15) is 4.79 Å². The molecule has 1 aliphatic carbocycles. The topological polar surface area (TPSA) is 72.9 Å². The molecule has 1 heterocycles. The predicted molar refractivity (Wildman–Crippen MR) is 79.8 cm³/mol. The molecule has 5 nitrogen and oxygen atoms in total. The third-order valence-corrected chi connectivity index (χ3v) is 3.32. The lowest BCUT2D eigenvalue weighted by Gasteiger charge is -2.07. The van der Waals surface area contributed by atoms with E-state index >= 15 is 0 Å². The lowest BCUT2D eigenvalue weighted by atomic mass is 10.2. The molecule has 3 rings (SSSR count). The van der Waals surface area contributed by atoms with Crippen LogP contribution in [0.15, 0.2) is 42.7 Å². The number of benzene rings is 1. The summed E-state index contributed by atoms with van der Waals surface area (Å²) in [4.78, 5) is 11.8. The molecule has 0 spiro atoms. The Morgan fingerprint density at radius 2 is 2.05 bits per heavy atom. The number of halogens is 1. The van der Waals surface area contributed by atoms with Crippen molar-refractivity contribution in [2.75, 3.05) is 5.32 Å². The molecule has 6 heteroatoms. The standard InChI is InChI=1S/C14H16N4O.ClH/c15-14(6-7-14)13(19)17-12-8-16-18(10-12)9-11-4-2-1-3-5-11;/h1-5,8,10H,6-7,9,15H2,(H,17,19);1H. The van der Waals surface area contributed by atoms with Crippen molar-refractivity contribution in [3.05, 3.63) is 48.3 Å². The fourth-order valence-corrected chi connectivity index (χ4v) is 1.90. The molecule has 0 radical (unpaired) electrons. The Balaban J connectivity index is 0.00000147. The van der Waals surface area contributed by atoms with Crippen LogP contribution >= 0.6 is 12.4 Å². The number of anilines is 1. The van der Waals surface area contributed by atoms with Gasteiger partial charge in [0.1, 0.15) is 0 Å². The van der Waals surface area contributed by atoms with Crippen molar-refractivity contribution in [3.8, 4) is 0 Å². The number of carbonyl (C=O) groups excluding carboxylic acids is 1. The third kappa shape index (κ3) is 3.18. The number of aromatic nitrogens is 2. The van der Waals surface area contributed by atoms with E-state index < -0.39 is 5.54 Å². The molecule has 1 aromatic carbocycles. The van der Waals surface area contributed by atoms with E-state index in [0.717, 1.165) is 12.8 Å². The molecule has 0 bridgehead atoms. The first kappa shape index (κ1) is 14.6. The lowest BCUT2D eigenvalue weighted by Crippen LogP contribution is -2.37. The Bertz CT molecular complexity index is 592. The summed E-state index contributed by atoms with van der Waals surface area (Å²) in [7, 11) is 0. The first-order valence-corrected chi connectivity index (χ1v) is 6.32. The van der Waals surface area contributed by atoms with Crippen LogP contribution in [0.5, 0.6) is 0 Å². The molecule has 1 fully saturated rings. The molecule has 0 saturated heterocycles. The van der Waals surface area contributed by atoms with E-state index in [1.165, 1.54) is 5.56 Å². The lowest BCUT2D eigenvalue weighted by molar-refractivity contribution is -0.118. The Hall–Kier alpha value is -1.85. The minimum absolute atomic E-state index is 0. The smallest absolute Gasteiger partial charge is 0.244 e. The van der Waals surface area contributed by atoms with Gasteiger partial charge >= 0.3 is 0 Å². The highest BCUT2D eigenvalue weighted by Gasteiger charge is 2.46. The maximum absolute atomic E-state index is 11.8. The Kier molecular flexibility index (Phi) is 4.11. The second kappa shape index (κ2) is 5.64. The van der Waals surface area contributed by atoms with Crippen molar-refractivity contribution in [1.82, 2.24) is 9.78 Å². The number of hydrogen-bond donors (Lipinski definition) is 2.